The molecule has 1 heterocycles. The van der Waals surface area contributed by atoms with E-state index < -0.39 is 11.2 Å². The number of nitrogens with zero attached hydrogens (tertiary/aromatic N) is 1. The van der Waals surface area contributed by atoms with Crippen molar-refractivity contribution >= 4 is 11.6 Å². The molecule has 1 aromatic carbocycles. The van der Waals surface area contributed by atoms with Crippen molar-refractivity contribution in [2.75, 3.05) is 0 Å². The van der Waals surface area contributed by atoms with Crippen molar-refractivity contribution in [3.05, 3.63) is 61.1 Å². The fourth-order valence-corrected chi connectivity index (χ4v) is 2.27. The first-order chi connectivity index (χ1) is 9.45. The van der Waals surface area contributed by atoms with E-state index in [1.807, 2.05) is 6.92 Å². The number of hydrogen-bond acceptors (Lipinski definition) is 2. The zero-order valence-electron chi connectivity index (χ0n) is 11.2. The lowest BCUT2D eigenvalue weighted by molar-refractivity contribution is 0.617. The number of aromatic nitrogens is 2. The molecule has 1 N–H and O–H groups in total. The standard InChI is InChI=1S/C14H14ClFN2O2/c1-3-4-10-12(15)17-14(20)18(13(10)19)9-5-6-11(16)8(2)7-9/h5-7H,3-4H2,1-2H3,(H,17,20). The van der Waals surface area contributed by atoms with E-state index in [4.69, 9.17) is 11.6 Å². The van der Waals surface area contributed by atoms with Crippen molar-refractivity contribution in [1.29, 1.82) is 0 Å². The Bertz CT molecular complexity index is 765. The van der Waals surface area contributed by atoms with E-state index in [2.05, 4.69) is 4.98 Å². The molecular formula is C14H14ClFN2O2. The van der Waals surface area contributed by atoms with Gasteiger partial charge in [0.2, 0.25) is 0 Å². The Kier molecular flexibility index (Phi) is 4.09. The lowest BCUT2D eigenvalue weighted by atomic mass is 10.2. The Labute approximate surface area is 119 Å². The molecule has 20 heavy (non-hydrogen) atoms. The normalized spacial score (nSPS) is 10.8. The van der Waals surface area contributed by atoms with Gasteiger partial charge in [-0.15, -0.1) is 0 Å². The maximum absolute atomic E-state index is 13.3. The third-order valence-electron chi connectivity index (χ3n) is 3.05. The topological polar surface area (TPSA) is 54.9 Å². The summed E-state index contributed by atoms with van der Waals surface area (Å²) in [4.78, 5) is 26.7. The summed E-state index contributed by atoms with van der Waals surface area (Å²) in [6, 6.07) is 4.07. The summed E-state index contributed by atoms with van der Waals surface area (Å²) in [5.74, 6) is -0.388. The van der Waals surface area contributed by atoms with E-state index >= 15 is 0 Å². The maximum atomic E-state index is 13.3. The maximum Gasteiger partial charge on any atom is 0.334 e. The lowest BCUT2D eigenvalue weighted by Gasteiger charge is -2.09. The number of aryl methyl sites for hydroxylation is 1. The Morgan fingerprint density at radius 2 is 2.05 bits per heavy atom. The molecule has 0 radical (unpaired) electrons. The van der Waals surface area contributed by atoms with Gasteiger partial charge in [-0.3, -0.25) is 9.78 Å². The molecule has 0 unspecified atom stereocenters. The van der Waals surface area contributed by atoms with Crippen molar-refractivity contribution in [3.8, 4) is 5.69 Å². The second-order valence-electron chi connectivity index (χ2n) is 4.55. The molecule has 2 rings (SSSR count). The van der Waals surface area contributed by atoms with Crippen molar-refractivity contribution in [2.24, 2.45) is 0 Å². The zero-order chi connectivity index (χ0) is 14.9. The summed E-state index contributed by atoms with van der Waals surface area (Å²) in [6.07, 6.45) is 1.19. The van der Waals surface area contributed by atoms with Crippen LogP contribution in [-0.4, -0.2) is 9.55 Å². The molecule has 106 valence electrons. The first kappa shape index (κ1) is 14.5. The third kappa shape index (κ3) is 2.54. The molecule has 0 spiro atoms. The van der Waals surface area contributed by atoms with Gasteiger partial charge in [0, 0.05) is 0 Å². The SMILES string of the molecule is CCCc1c(Cl)[nH]c(=O)n(-c2ccc(F)c(C)c2)c1=O. The van der Waals surface area contributed by atoms with Gasteiger partial charge in [-0.2, -0.15) is 0 Å². The molecule has 0 fully saturated rings. The zero-order valence-corrected chi connectivity index (χ0v) is 11.9. The summed E-state index contributed by atoms with van der Waals surface area (Å²) >= 11 is 5.90. The molecule has 6 heteroatoms. The molecular weight excluding hydrogens is 283 g/mol. The number of halogens is 2. The summed E-state index contributed by atoms with van der Waals surface area (Å²) in [5.41, 5.74) is -0.0572. The predicted molar refractivity (Wildman–Crippen MR) is 76.4 cm³/mol. The second kappa shape index (κ2) is 5.63. The molecule has 0 amide bonds. The van der Waals surface area contributed by atoms with E-state index in [9.17, 15) is 14.0 Å². The average Bonchev–Trinajstić information content (AvgIpc) is 2.38. The van der Waals surface area contributed by atoms with Crippen molar-refractivity contribution in [1.82, 2.24) is 9.55 Å². The number of benzene rings is 1. The van der Waals surface area contributed by atoms with E-state index in [1.165, 1.54) is 18.2 Å². The van der Waals surface area contributed by atoms with Crippen LogP contribution in [0, 0.1) is 12.7 Å². The van der Waals surface area contributed by atoms with E-state index in [0.717, 1.165) is 11.0 Å². The Hall–Kier alpha value is -1.88. The van der Waals surface area contributed by atoms with Crippen LogP contribution >= 0.6 is 11.6 Å². The minimum atomic E-state index is -0.633. The fraction of sp³-hybridized carbons (Fsp3) is 0.286. The van der Waals surface area contributed by atoms with Crippen LogP contribution in [0.5, 0.6) is 0 Å². The summed E-state index contributed by atoms with van der Waals surface area (Å²) in [5, 5.41) is 0.0666. The second-order valence-corrected chi connectivity index (χ2v) is 4.92. The first-order valence-corrected chi connectivity index (χ1v) is 6.63. The molecule has 0 bridgehead atoms. The number of nitrogens with one attached hydrogen (secondary N) is 1. The van der Waals surface area contributed by atoms with Crippen molar-refractivity contribution < 1.29 is 4.39 Å². The van der Waals surface area contributed by atoms with Gasteiger partial charge >= 0.3 is 5.69 Å². The Balaban J connectivity index is 2.73. The summed E-state index contributed by atoms with van der Waals surface area (Å²) in [6.45, 7) is 3.48. The van der Waals surface area contributed by atoms with E-state index in [1.54, 1.807) is 6.92 Å². The van der Waals surface area contributed by atoms with Crippen LogP contribution in [0.25, 0.3) is 5.69 Å². The Morgan fingerprint density at radius 1 is 1.35 bits per heavy atom. The third-order valence-corrected chi connectivity index (χ3v) is 3.37. The predicted octanol–water partition coefficient (Wildman–Crippen LogP) is 2.58. The number of rotatable bonds is 3. The van der Waals surface area contributed by atoms with Crippen LogP contribution in [0.2, 0.25) is 5.15 Å². The molecule has 4 nitrogen and oxygen atoms in total. The van der Waals surface area contributed by atoms with Crippen LogP contribution in [-0.2, 0) is 6.42 Å². The molecule has 0 aliphatic carbocycles. The van der Waals surface area contributed by atoms with Crippen LogP contribution in [0.4, 0.5) is 4.39 Å². The monoisotopic (exact) mass is 296 g/mol. The number of H-pyrrole nitrogens is 1. The van der Waals surface area contributed by atoms with Crippen LogP contribution in [0.3, 0.4) is 0 Å². The van der Waals surface area contributed by atoms with Gasteiger partial charge in [0.15, 0.2) is 0 Å². The van der Waals surface area contributed by atoms with Crippen LogP contribution < -0.4 is 11.2 Å². The largest absolute Gasteiger partial charge is 0.334 e. The van der Waals surface area contributed by atoms with Gasteiger partial charge in [-0.05, 0) is 37.1 Å². The highest BCUT2D eigenvalue weighted by molar-refractivity contribution is 6.30. The van der Waals surface area contributed by atoms with Crippen molar-refractivity contribution in [2.45, 2.75) is 26.7 Å². The smallest absolute Gasteiger partial charge is 0.297 e. The highest BCUT2D eigenvalue weighted by Gasteiger charge is 2.14. The summed E-state index contributed by atoms with van der Waals surface area (Å²) in [7, 11) is 0. The van der Waals surface area contributed by atoms with Gasteiger partial charge in [0.05, 0.1) is 11.3 Å². The summed E-state index contributed by atoms with van der Waals surface area (Å²) < 4.78 is 14.3. The lowest BCUT2D eigenvalue weighted by Crippen LogP contribution is -2.36. The molecule has 0 saturated heterocycles. The fourth-order valence-electron chi connectivity index (χ4n) is 2.02. The average molecular weight is 297 g/mol. The van der Waals surface area contributed by atoms with Gasteiger partial charge in [0.1, 0.15) is 11.0 Å². The molecule has 0 aliphatic heterocycles. The van der Waals surface area contributed by atoms with Crippen LogP contribution in [0.1, 0.15) is 24.5 Å². The first-order valence-electron chi connectivity index (χ1n) is 6.26. The minimum absolute atomic E-state index is 0.0666. The van der Waals surface area contributed by atoms with Gasteiger partial charge < -0.3 is 0 Å². The van der Waals surface area contributed by atoms with Gasteiger partial charge in [-0.1, -0.05) is 24.9 Å². The van der Waals surface area contributed by atoms with E-state index in [-0.39, 0.29) is 11.0 Å². The van der Waals surface area contributed by atoms with Gasteiger partial charge in [-0.25, -0.2) is 13.8 Å². The number of aromatic amines is 1. The highest BCUT2D eigenvalue weighted by Crippen LogP contribution is 2.13. The molecule has 0 atom stereocenters. The molecule has 1 aromatic heterocycles. The Morgan fingerprint density at radius 3 is 2.65 bits per heavy atom. The molecule has 0 aliphatic rings. The number of hydrogen-bond donors (Lipinski definition) is 1. The molecule has 0 saturated carbocycles. The highest BCUT2D eigenvalue weighted by atomic mass is 35.5. The minimum Gasteiger partial charge on any atom is -0.297 e. The quantitative estimate of drug-likeness (QED) is 0.885. The van der Waals surface area contributed by atoms with Gasteiger partial charge in [0.25, 0.3) is 5.56 Å². The molecule has 2 aromatic rings. The van der Waals surface area contributed by atoms with Crippen LogP contribution in [0.15, 0.2) is 27.8 Å². The van der Waals surface area contributed by atoms with Crippen molar-refractivity contribution in [3.63, 3.8) is 0 Å². The van der Waals surface area contributed by atoms with E-state index in [0.29, 0.717) is 23.2 Å².